The SMILES string of the molecule is O=C(CSc1ncnc2c1nnn2Cc1ccc(F)cc1)NCc1ccccc1. The van der Waals surface area contributed by atoms with E-state index in [9.17, 15) is 9.18 Å². The Labute approximate surface area is 170 Å². The Balaban J connectivity index is 1.41. The van der Waals surface area contributed by atoms with Crippen molar-refractivity contribution in [1.29, 1.82) is 0 Å². The maximum absolute atomic E-state index is 13.1. The molecule has 146 valence electrons. The normalized spacial score (nSPS) is 10.9. The largest absolute Gasteiger partial charge is 0.351 e. The van der Waals surface area contributed by atoms with E-state index < -0.39 is 0 Å². The van der Waals surface area contributed by atoms with Gasteiger partial charge >= 0.3 is 0 Å². The van der Waals surface area contributed by atoms with Crippen LogP contribution in [0.1, 0.15) is 11.1 Å². The third kappa shape index (κ3) is 4.75. The molecule has 0 aliphatic carbocycles. The predicted octanol–water partition coefficient (Wildman–Crippen LogP) is 2.82. The quantitative estimate of drug-likeness (QED) is 0.374. The topological polar surface area (TPSA) is 85.6 Å². The summed E-state index contributed by atoms with van der Waals surface area (Å²) in [6.07, 6.45) is 1.43. The van der Waals surface area contributed by atoms with Crippen molar-refractivity contribution in [1.82, 2.24) is 30.3 Å². The third-order valence-corrected chi connectivity index (χ3v) is 5.16. The van der Waals surface area contributed by atoms with Crippen LogP contribution in [0.15, 0.2) is 66.0 Å². The Morgan fingerprint density at radius 3 is 2.62 bits per heavy atom. The third-order valence-electron chi connectivity index (χ3n) is 4.18. The van der Waals surface area contributed by atoms with Crippen molar-refractivity contribution in [3.8, 4) is 0 Å². The first kappa shape index (κ1) is 19.0. The minimum Gasteiger partial charge on any atom is -0.351 e. The number of nitrogens with one attached hydrogen (secondary N) is 1. The fraction of sp³-hybridized carbons (Fsp3) is 0.150. The number of hydrogen-bond donors (Lipinski definition) is 1. The summed E-state index contributed by atoms with van der Waals surface area (Å²) in [6, 6.07) is 15.9. The molecule has 2 aromatic heterocycles. The van der Waals surface area contributed by atoms with Crippen LogP contribution in [0.25, 0.3) is 11.2 Å². The van der Waals surface area contributed by atoms with Crippen LogP contribution in [0, 0.1) is 5.82 Å². The Hall–Kier alpha value is -3.33. The zero-order valence-corrected chi connectivity index (χ0v) is 16.1. The van der Waals surface area contributed by atoms with Crippen LogP contribution in [0.5, 0.6) is 0 Å². The van der Waals surface area contributed by atoms with Crippen molar-refractivity contribution in [3.63, 3.8) is 0 Å². The molecule has 9 heteroatoms. The van der Waals surface area contributed by atoms with E-state index in [1.807, 2.05) is 30.3 Å². The molecule has 0 radical (unpaired) electrons. The van der Waals surface area contributed by atoms with Gasteiger partial charge in [-0.15, -0.1) is 5.10 Å². The molecule has 0 fully saturated rings. The lowest BCUT2D eigenvalue weighted by Crippen LogP contribution is -2.24. The van der Waals surface area contributed by atoms with Gasteiger partial charge in [-0.3, -0.25) is 4.79 Å². The van der Waals surface area contributed by atoms with Gasteiger partial charge in [0.25, 0.3) is 0 Å². The fourth-order valence-corrected chi connectivity index (χ4v) is 3.49. The second-order valence-electron chi connectivity index (χ2n) is 6.28. The zero-order valence-electron chi connectivity index (χ0n) is 15.3. The van der Waals surface area contributed by atoms with Gasteiger partial charge in [0.1, 0.15) is 17.2 Å². The summed E-state index contributed by atoms with van der Waals surface area (Å²) in [5.41, 5.74) is 3.03. The predicted molar refractivity (Wildman–Crippen MR) is 108 cm³/mol. The second kappa shape index (κ2) is 8.78. The number of halogens is 1. The highest BCUT2D eigenvalue weighted by Crippen LogP contribution is 2.22. The monoisotopic (exact) mass is 408 g/mol. The molecule has 1 amide bonds. The number of benzene rings is 2. The summed E-state index contributed by atoms with van der Waals surface area (Å²) in [6.45, 7) is 0.892. The van der Waals surface area contributed by atoms with Crippen molar-refractivity contribution < 1.29 is 9.18 Å². The lowest BCUT2D eigenvalue weighted by Gasteiger charge is -2.05. The summed E-state index contributed by atoms with van der Waals surface area (Å²) < 4.78 is 14.7. The van der Waals surface area contributed by atoms with Crippen molar-refractivity contribution >= 4 is 28.8 Å². The van der Waals surface area contributed by atoms with Crippen LogP contribution in [0.3, 0.4) is 0 Å². The molecule has 0 spiro atoms. The number of hydrogen-bond acceptors (Lipinski definition) is 6. The number of carbonyl (C=O) groups is 1. The highest BCUT2D eigenvalue weighted by atomic mass is 32.2. The minimum absolute atomic E-state index is 0.0932. The highest BCUT2D eigenvalue weighted by Gasteiger charge is 2.14. The molecule has 1 N–H and O–H groups in total. The van der Waals surface area contributed by atoms with Crippen LogP contribution in [0.2, 0.25) is 0 Å². The number of amides is 1. The average Bonchev–Trinajstić information content (AvgIpc) is 3.16. The van der Waals surface area contributed by atoms with Crippen molar-refractivity contribution in [3.05, 3.63) is 77.9 Å². The minimum atomic E-state index is -0.288. The van der Waals surface area contributed by atoms with E-state index in [2.05, 4.69) is 25.6 Å². The molecule has 2 heterocycles. The van der Waals surface area contributed by atoms with Gasteiger partial charge in [-0.1, -0.05) is 59.4 Å². The van der Waals surface area contributed by atoms with Crippen molar-refractivity contribution in [2.45, 2.75) is 18.1 Å². The first-order valence-corrected chi connectivity index (χ1v) is 9.89. The summed E-state index contributed by atoms with van der Waals surface area (Å²) >= 11 is 1.29. The average molecular weight is 408 g/mol. The summed E-state index contributed by atoms with van der Waals surface area (Å²) in [5.74, 6) is -0.169. The zero-order chi connectivity index (χ0) is 20.1. The second-order valence-corrected chi connectivity index (χ2v) is 7.24. The molecule has 2 aromatic carbocycles. The van der Waals surface area contributed by atoms with E-state index in [-0.39, 0.29) is 17.5 Å². The van der Waals surface area contributed by atoms with Gasteiger partial charge in [0.2, 0.25) is 5.91 Å². The smallest absolute Gasteiger partial charge is 0.230 e. The van der Waals surface area contributed by atoms with Crippen molar-refractivity contribution in [2.24, 2.45) is 0 Å². The maximum Gasteiger partial charge on any atom is 0.230 e. The number of thioether (sulfide) groups is 1. The first-order chi connectivity index (χ1) is 14.2. The number of rotatable bonds is 7. The van der Waals surface area contributed by atoms with Crippen molar-refractivity contribution in [2.75, 3.05) is 5.75 Å². The molecular weight excluding hydrogens is 391 g/mol. The molecule has 0 saturated carbocycles. The van der Waals surface area contributed by atoms with Gasteiger partial charge in [0.05, 0.1) is 12.3 Å². The lowest BCUT2D eigenvalue weighted by atomic mass is 10.2. The van der Waals surface area contributed by atoms with Crippen LogP contribution < -0.4 is 5.32 Å². The molecule has 4 aromatic rings. The number of carbonyl (C=O) groups excluding carboxylic acids is 1. The first-order valence-electron chi connectivity index (χ1n) is 8.91. The van der Waals surface area contributed by atoms with Crippen LogP contribution in [-0.4, -0.2) is 36.6 Å². The number of fused-ring (bicyclic) bond motifs is 1. The fourth-order valence-electron chi connectivity index (χ4n) is 2.73. The van der Waals surface area contributed by atoms with E-state index >= 15 is 0 Å². The molecule has 0 atom stereocenters. The van der Waals surface area contributed by atoms with Crippen LogP contribution in [0.4, 0.5) is 4.39 Å². The van der Waals surface area contributed by atoms with Gasteiger partial charge in [-0.05, 0) is 23.3 Å². The summed E-state index contributed by atoms with van der Waals surface area (Å²) in [5, 5.41) is 11.8. The van der Waals surface area contributed by atoms with Crippen LogP contribution >= 0.6 is 11.8 Å². The Kier molecular flexibility index (Phi) is 5.76. The van der Waals surface area contributed by atoms with Gasteiger partial charge in [-0.2, -0.15) is 0 Å². The van der Waals surface area contributed by atoms with Crippen LogP contribution in [-0.2, 0) is 17.9 Å². The molecule has 4 rings (SSSR count). The van der Waals surface area contributed by atoms with Gasteiger partial charge in [-0.25, -0.2) is 19.0 Å². The molecular formula is C20H17FN6OS. The molecule has 0 unspecified atom stereocenters. The maximum atomic E-state index is 13.1. The molecule has 0 saturated heterocycles. The lowest BCUT2D eigenvalue weighted by molar-refractivity contribution is -0.118. The molecule has 0 aliphatic heterocycles. The van der Waals surface area contributed by atoms with E-state index in [1.165, 1.54) is 30.2 Å². The molecule has 0 aliphatic rings. The molecule has 7 nitrogen and oxygen atoms in total. The summed E-state index contributed by atoms with van der Waals surface area (Å²) in [4.78, 5) is 20.6. The molecule has 29 heavy (non-hydrogen) atoms. The standard InChI is InChI=1S/C20H17FN6OS/c21-16-8-6-15(7-9-16)11-27-19-18(25-26-27)20(24-13-23-19)29-12-17(28)22-10-14-4-2-1-3-5-14/h1-9,13H,10-12H2,(H,22,28). The van der Waals surface area contributed by atoms with E-state index in [0.717, 1.165) is 11.1 Å². The van der Waals surface area contributed by atoms with Gasteiger partial charge in [0, 0.05) is 6.54 Å². The van der Waals surface area contributed by atoms with E-state index in [4.69, 9.17) is 0 Å². The van der Waals surface area contributed by atoms with Gasteiger partial charge < -0.3 is 5.32 Å². The Bertz CT molecular complexity index is 1120. The van der Waals surface area contributed by atoms with Gasteiger partial charge in [0.15, 0.2) is 11.2 Å². The highest BCUT2D eigenvalue weighted by molar-refractivity contribution is 8.00. The van der Waals surface area contributed by atoms with E-state index in [1.54, 1.807) is 16.8 Å². The number of aromatic nitrogens is 5. The Morgan fingerprint density at radius 1 is 1.03 bits per heavy atom. The summed E-state index contributed by atoms with van der Waals surface area (Å²) in [7, 11) is 0. The number of nitrogens with zero attached hydrogens (tertiary/aromatic N) is 5. The Morgan fingerprint density at radius 2 is 1.83 bits per heavy atom. The van der Waals surface area contributed by atoms with E-state index in [0.29, 0.717) is 29.3 Å². The molecule has 0 bridgehead atoms.